The van der Waals surface area contributed by atoms with Crippen LogP contribution in [0.1, 0.15) is 12.8 Å². The van der Waals surface area contributed by atoms with Crippen LogP contribution in [0.5, 0.6) is 0 Å². The van der Waals surface area contributed by atoms with Crippen molar-refractivity contribution in [2.75, 3.05) is 22.9 Å². The SMILES string of the molecule is [O-][Cl+3]([O-])([O-])O.c1ccc(N(c2ccccc2)c2csc(N3CCCC3)n2)cc1. The summed E-state index contributed by atoms with van der Waals surface area (Å²) in [6.07, 6.45) is 2.55. The van der Waals surface area contributed by atoms with Gasteiger partial charge in [0.25, 0.3) is 0 Å². The van der Waals surface area contributed by atoms with Crippen LogP contribution < -0.4 is 23.8 Å². The fraction of sp³-hybridized carbons (Fsp3) is 0.211. The second-order valence-electron chi connectivity index (χ2n) is 6.08. The van der Waals surface area contributed by atoms with E-state index >= 15 is 0 Å². The molecule has 148 valence electrons. The van der Waals surface area contributed by atoms with Gasteiger partial charge in [-0.3, -0.25) is 4.90 Å². The van der Waals surface area contributed by atoms with E-state index in [1.165, 1.54) is 12.8 Å². The van der Waals surface area contributed by atoms with Crippen LogP contribution in [0.3, 0.4) is 0 Å². The maximum atomic E-state index is 8.60. The van der Waals surface area contributed by atoms with Crippen molar-refractivity contribution >= 4 is 33.7 Å². The summed E-state index contributed by atoms with van der Waals surface area (Å²) in [4.78, 5) is 9.53. The molecule has 1 aliphatic rings. The smallest absolute Gasteiger partial charge is 0.187 e. The van der Waals surface area contributed by atoms with Gasteiger partial charge in [0.1, 0.15) is 0 Å². The molecule has 1 aromatic heterocycles. The van der Waals surface area contributed by atoms with Gasteiger partial charge >= 0.3 is 0 Å². The highest BCUT2D eigenvalue weighted by atomic mass is 35.7. The summed E-state index contributed by atoms with van der Waals surface area (Å²) in [5, 5.41) is 3.29. The van der Waals surface area contributed by atoms with Crippen LogP contribution in [0.4, 0.5) is 22.3 Å². The molecule has 0 atom stereocenters. The molecule has 7 nitrogen and oxygen atoms in total. The van der Waals surface area contributed by atoms with E-state index in [-0.39, 0.29) is 0 Å². The normalized spacial score (nSPS) is 13.8. The quantitative estimate of drug-likeness (QED) is 0.671. The Hall–Kier alpha value is -2.20. The fourth-order valence-electron chi connectivity index (χ4n) is 2.98. The first kappa shape index (κ1) is 20.5. The van der Waals surface area contributed by atoms with Crippen LogP contribution >= 0.6 is 11.3 Å². The van der Waals surface area contributed by atoms with Crippen molar-refractivity contribution in [1.29, 1.82) is 0 Å². The molecular weight excluding hydrogens is 402 g/mol. The molecule has 2 aromatic carbocycles. The second-order valence-corrected chi connectivity index (χ2v) is 7.71. The lowest BCUT2D eigenvalue weighted by molar-refractivity contribution is -1.92. The molecular formula is C19H20ClN3O4S. The van der Waals surface area contributed by atoms with Crippen molar-refractivity contribution in [3.8, 4) is 0 Å². The maximum Gasteiger partial charge on any atom is 0.187 e. The largest absolute Gasteiger partial charge is 0.348 e. The Morgan fingerprint density at radius 1 is 0.893 bits per heavy atom. The summed E-state index contributed by atoms with van der Waals surface area (Å²) in [5.74, 6) is 0.995. The Morgan fingerprint density at radius 2 is 1.36 bits per heavy atom. The third kappa shape index (κ3) is 5.90. The van der Waals surface area contributed by atoms with Crippen LogP contribution in [0.2, 0.25) is 0 Å². The number of benzene rings is 2. The Kier molecular flexibility index (Phi) is 6.84. The van der Waals surface area contributed by atoms with Crippen molar-refractivity contribution < 1.29 is 28.9 Å². The molecule has 0 spiro atoms. The number of rotatable bonds is 4. The number of thiazole rings is 1. The van der Waals surface area contributed by atoms with E-state index in [4.69, 9.17) is 23.6 Å². The molecule has 2 heterocycles. The molecule has 0 amide bonds. The van der Waals surface area contributed by atoms with Gasteiger partial charge in [-0.1, -0.05) is 36.4 Å². The topological polar surface area (TPSA) is 109 Å². The molecule has 1 N–H and O–H groups in total. The standard InChI is InChI=1S/C19H19N3S.ClHO4/c1-3-9-16(10-4-1)22(17-11-5-2-6-12-17)18-15-23-19(20-18)21-13-7-8-14-21;2-1(3,4)5/h1-6,9-12,15H,7-8,13-14H2;(H,2,3,4,5). The number of aromatic nitrogens is 1. The van der Waals surface area contributed by atoms with Crippen molar-refractivity contribution in [2.24, 2.45) is 0 Å². The Bertz CT molecular complexity index is 807. The predicted octanol–water partition coefficient (Wildman–Crippen LogP) is 1.09. The van der Waals surface area contributed by atoms with E-state index in [1.54, 1.807) is 11.3 Å². The Balaban J connectivity index is 0.000000403. The highest BCUT2D eigenvalue weighted by Gasteiger charge is 2.19. The fourth-order valence-corrected chi connectivity index (χ4v) is 3.83. The van der Waals surface area contributed by atoms with E-state index in [0.29, 0.717) is 0 Å². The molecule has 1 aliphatic heterocycles. The highest BCUT2D eigenvalue weighted by Crippen LogP contribution is 2.37. The van der Waals surface area contributed by atoms with E-state index in [9.17, 15) is 0 Å². The monoisotopic (exact) mass is 421 g/mol. The average Bonchev–Trinajstić information content (AvgIpc) is 3.34. The summed E-state index contributed by atoms with van der Waals surface area (Å²) >= 11 is 1.74. The lowest BCUT2D eigenvalue weighted by Crippen LogP contribution is -2.58. The van der Waals surface area contributed by atoms with Crippen molar-refractivity contribution in [2.45, 2.75) is 12.8 Å². The van der Waals surface area contributed by atoms with Crippen LogP contribution in [-0.4, -0.2) is 22.7 Å². The van der Waals surface area contributed by atoms with Crippen LogP contribution in [0, 0.1) is 10.2 Å². The van der Waals surface area contributed by atoms with Crippen LogP contribution in [0.25, 0.3) is 0 Å². The molecule has 0 unspecified atom stereocenters. The van der Waals surface area contributed by atoms with Gasteiger partial charge in [0.15, 0.2) is 10.9 Å². The number of hydrogen-bond acceptors (Lipinski definition) is 8. The summed E-state index contributed by atoms with van der Waals surface area (Å²) in [7, 11) is -4.69. The Morgan fingerprint density at radius 3 is 1.82 bits per heavy atom. The van der Waals surface area contributed by atoms with Gasteiger partial charge in [0.05, 0.1) is 14.9 Å². The Labute approximate surface area is 169 Å². The highest BCUT2D eigenvalue weighted by molar-refractivity contribution is 7.14. The maximum absolute atomic E-state index is 8.60. The van der Waals surface area contributed by atoms with Crippen molar-refractivity contribution in [3.05, 3.63) is 66.0 Å². The average molecular weight is 422 g/mol. The first-order chi connectivity index (χ1) is 13.4. The van der Waals surface area contributed by atoms with Crippen LogP contribution in [0.15, 0.2) is 66.0 Å². The minimum atomic E-state index is -4.69. The van der Waals surface area contributed by atoms with Crippen molar-refractivity contribution in [1.82, 2.24) is 4.98 Å². The minimum absolute atomic E-state index is 0.995. The summed E-state index contributed by atoms with van der Waals surface area (Å²) in [6, 6.07) is 20.9. The second kappa shape index (κ2) is 9.33. The van der Waals surface area contributed by atoms with Gasteiger partial charge < -0.3 is 4.90 Å². The van der Waals surface area contributed by atoms with E-state index < -0.39 is 10.2 Å². The summed E-state index contributed by atoms with van der Waals surface area (Å²) in [6.45, 7) is 2.26. The molecule has 1 fully saturated rings. The molecule has 1 saturated heterocycles. The zero-order valence-electron chi connectivity index (χ0n) is 15.0. The lowest BCUT2D eigenvalue weighted by Gasteiger charge is -2.23. The number of anilines is 4. The molecule has 28 heavy (non-hydrogen) atoms. The summed E-state index contributed by atoms with van der Waals surface area (Å²) < 4.78 is 32.7. The van der Waals surface area contributed by atoms with E-state index in [2.05, 4.69) is 63.7 Å². The lowest BCUT2D eigenvalue weighted by atomic mass is 10.2. The van der Waals surface area contributed by atoms with Gasteiger partial charge in [0.2, 0.25) is 0 Å². The van der Waals surface area contributed by atoms with Gasteiger partial charge in [-0.25, -0.2) is 4.98 Å². The van der Waals surface area contributed by atoms with Gasteiger partial charge in [0, 0.05) is 29.8 Å². The molecule has 0 radical (unpaired) electrons. The number of nitrogens with zero attached hydrogens (tertiary/aromatic N) is 3. The molecule has 0 bridgehead atoms. The zero-order valence-corrected chi connectivity index (χ0v) is 16.6. The number of hydrogen-bond donors (Lipinski definition) is 1. The third-order valence-corrected chi connectivity index (χ3v) is 5.00. The molecule has 0 saturated carbocycles. The number of halogens is 1. The predicted molar refractivity (Wildman–Crippen MR) is 100 cm³/mol. The molecule has 0 aliphatic carbocycles. The summed E-state index contributed by atoms with van der Waals surface area (Å²) in [5.41, 5.74) is 2.27. The third-order valence-electron chi connectivity index (χ3n) is 4.11. The molecule has 3 aromatic rings. The zero-order chi connectivity index (χ0) is 20.0. The molecule has 4 rings (SSSR count). The van der Waals surface area contributed by atoms with Crippen molar-refractivity contribution in [3.63, 3.8) is 0 Å². The van der Waals surface area contributed by atoms with Gasteiger partial charge in [-0.15, -0.1) is 11.3 Å². The molecule has 9 heteroatoms. The van der Waals surface area contributed by atoms with E-state index in [0.717, 1.165) is 35.4 Å². The number of para-hydroxylation sites is 2. The minimum Gasteiger partial charge on any atom is -0.348 e. The van der Waals surface area contributed by atoms with Gasteiger partial charge in [-0.2, -0.15) is 14.0 Å². The van der Waals surface area contributed by atoms with Gasteiger partial charge in [-0.05, 0) is 37.1 Å². The first-order valence-electron chi connectivity index (χ1n) is 8.66. The van der Waals surface area contributed by atoms with Crippen LogP contribution in [-0.2, 0) is 0 Å². The van der Waals surface area contributed by atoms with E-state index in [1.807, 2.05) is 12.1 Å². The first-order valence-corrected chi connectivity index (χ1v) is 10.8.